The van der Waals surface area contributed by atoms with Gasteiger partial charge in [0.25, 0.3) is 0 Å². The van der Waals surface area contributed by atoms with Crippen molar-refractivity contribution in [3.8, 4) is 0 Å². The number of aryl methyl sites for hydroxylation is 1. The average molecular weight is 290 g/mol. The van der Waals surface area contributed by atoms with E-state index >= 15 is 0 Å². The number of anilines is 1. The molecule has 2 rings (SSSR count). The molecular weight excluding hydrogens is 260 g/mol. The molecule has 0 aliphatic carbocycles. The SMILES string of the molecule is CCCCN1CCCc2cc(CNCCCOC)ccc21. The Hall–Kier alpha value is -1.06. The molecule has 1 aromatic rings. The summed E-state index contributed by atoms with van der Waals surface area (Å²) < 4.78 is 5.07. The van der Waals surface area contributed by atoms with Crippen LogP contribution in [0.25, 0.3) is 0 Å². The van der Waals surface area contributed by atoms with E-state index in [4.69, 9.17) is 4.74 Å². The number of hydrogen-bond acceptors (Lipinski definition) is 3. The van der Waals surface area contributed by atoms with Crippen molar-refractivity contribution in [2.24, 2.45) is 0 Å². The van der Waals surface area contributed by atoms with Gasteiger partial charge in [0.05, 0.1) is 0 Å². The second-order valence-electron chi connectivity index (χ2n) is 5.93. The number of nitrogens with zero attached hydrogens (tertiary/aromatic N) is 1. The number of hydrogen-bond donors (Lipinski definition) is 1. The van der Waals surface area contributed by atoms with Gasteiger partial charge in [0.1, 0.15) is 0 Å². The monoisotopic (exact) mass is 290 g/mol. The van der Waals surface area contributed by atoms with Crippen LogP contribution in [0.4, 0.5) is 5.69 Å². The maximum atomic E-state index is 5.07. The highest BCUT2D eigenvalue weighted by Crippen LogP contribution is 2.28. The van der Waals surface area contributed by atoms with Gasteiger partial charge in [-0.05, 0) is 49.4 Å². The van der Waals surface area contributed by atoms with E-state index in [1.54, 1.807) is 7.11 Å². The maximum Gasteiger partial charge on any atom is 0.0474 e. The molecule has 3 heteroatoms. The fourth-order valence-corrected chi connectivity index (χ4v) is 2.99. The van der Waals surface area contributed by atoms with Gasteiger partial charge in [-0.15, -0.1) is 0 Å². The van der Waals surface area contributed by atoms with Crippen LogP contribution in [0.3, 0.4) is 0 Å². The van der Waals surface area contributed by atoms with E-state index in [0.717, 1.165) is 26.1 Å². The normalized spacial score (nSPS) is 14.3. The average Bonchev–Trinajstić information content (AvgIpc) is 2.52. The first-order valence-corrected chi connectivity index (χ1v) is 8.41. The number of nitrogens with one attached hydrogen (secondary N) is 1. The van der Waals surface area contributed by atoms with E-state index < -0.39 is 0 Å². The molecule has 0 amide bonds. The lowest BCUT2D eigenvalue weighted by Crippen LogP contribution is -2.30. The van der Waals surface area contributed by atoms with Gasteiger partial charge in [-0.3, -0.25) is 0 Å². The summed E-state index contributed by atoms with van der Waals surface area (Å²) in [5.41, 5.74) is 4.41. The maximum absolute atomic E-state index is 5.07. The van der Waals surface area contributed by atoms with Crippen LogP contribution in [-0.4, -0.2) is 33.4 Å². The summed E-state index contributed by atoms with van der Waals surface area (Å²) in [6, 6.07) is 7.01. The molecule has 0 bridgehead atoms. The molecular formula is C18H30N2O. The number of benzene rings is 1. The van der Waals surface area contributed by atoms with E-state index in [-0.39, 0.29) is 0 Å². The Balaban J connectivity index is 1.89. The molecule has 1 heterocycles. The van der Waals surface area contributed by atoms with Crippen molar-refractivity contribution in [3.05, 3.63) is 29.3 Å². The molecule has 1 aliphatic rings. The highest BCUT2D eigenvalue weighted by molar-refractivity contribution is 5.56. The quantitative estimate of drug-likeness (QED) is 0.706. The predicted molar refractivity (Wildman–Crippen MR) is 90.1 cm³/mol. The molecule has 0 radical (unpaired) electrons. The first-order valence-electron chi connectivity index (χ1n) is 8.41. The summed E-state index contributed by atoms with van der Waals surface area (Å²) in [5.74, 6) is 0. The van der Waals surface area contributed by atoms with E-state index in [1.807, 2.05) is 0 Å². The Morgan fingerprint density at radius 2 is 2.19 bits per heavy atom. The van der Waals surface area contributed by atoms with E-state index in [0.29, 0.717) is 0 Å². The Bertz CT molecular complexity index is 420. The highest BCUT2D eigenvalue weighted by atomic mass is 16.5. The first-order chi connectivity index (χ1) is 10.3. The fourth-order valence-electron chi connectivity index (χ4n) is 2.99. The van der Waals surface area contributed by atoms with Gasteiger partial charge >= 0.3 is 0 Å². The largest absolute Gasteiger partial charge is 0.385 e. The predicted octanol–water partition coefficient (Wildman–Crippen LogP) is 3.37. The number of methoxy groups -OCH3 is 1. The smallest absolute Gasteiger partial charge is 0.0474 e. The molecule has 1 N–H and O–H groups in total. The van der Waals surface area contributed by atoms with Gasteiger partial charge in [-0.1, -0.05) is 25.5 Å². The standard InChI is InChI=1S/C18H30N2O/c1-3-4-11-20-12-5-7-17-14-16(8-9-18(17)20)15-19-10-6-13-21-2/h8-9,14,19H,3-7,10-13,15H2,1-2H3. The van der Waals surface area contributed by atoms with Crippen molar-refractivity contribution in [3.63, 3.8) is 0 Å². The van der Waals surface area contributed by atoms with Crippen molar-refractivity contribution in [2.75, 3.05) is 38.3 Å². The second kappa shape index (κ2) is 9.06. The Morgan fingerprint density at radius 1 is 1.29 bits per heavy atom. The molecule has 1 aliphatic heterocycles. The number of ether oxygens (including phenoxy) is 1. The third-order valence-electron chi connectivity index (χ3n) is 4.17. The molecule has 0 atom stereocenters. The van der Waals surface area contributed by atoms with E-state index in [9.17, 15) is 0 Å². The summed E-state index contributed by atoms with van der Waals surface area (Å²) in [6.45, 7) is 7.52. The lowest BCUT2D eigenvalue weighted by molar-refractivity contribution is 0.194. The van der Waals surface area contributed by atoms with Crippen LogP contribution in [0.15, 0.2) is 18.2 Å². The highest BCUT2D eigenvalue weighted by Gasteiger charge is 2.16. The Morgan fingerprint density at radius 3 is 3.00 bits per heavy atom. The number of rotatable bonds is 9. The van der Waals surface area contributed by atoms with Crippen LogP contribution in [0.5, 0.6) is 0 Å². The van der Waals surface area contributed by atoms with Gasteiger partial charge in [0, 0.05) is 39.0 Å². The number of unbranched alkanes of at least 4 members (excludes halogenated alkanes) is 1. The zero-order chi connectivity index (χ0) is 14.9. The van der Waals surface area contributed by atoms with Crippen molar-refractivity contribution in [2.45, 2.75) is 45.6 Å². The molecule has 1 aromatic carbocycles. The molecule has 0 unspecified atom stereocenters. The summed E-state index contributed by atoms with van der Waals surface area (Å²) in [5, 5.41) is 3.50. The minimum absolute atomic E-state index is 0.837. The van der Waals surface area contributed by atoms with Gasteiger partial charge in [0.2, 0.25) is 0 Å². The number of fused-ring (bicyclic) bond motifs is 1. The second-order valence-corrected chi connectivity index (χ2v) is 5.93. The third-order valence-corrected chi connectivity index (χ3v) is 4.17. The summed E-state index contributed by atoms with van der Waals surface area (Å²) in [7, 11) is 1.76. The van der Waals surface area contributed by atoms with Crippen LogP contribution < -0.4 is 10.2 Å². The molecule has 0 saturated carbocycles. The molecule has 21 heavy (non-hydrogen) atoms. The van der Waals surface area contributed by atoms with Gasteiger partial charge in [0.15, 0.2) is 0 Å². The third kappa shape index (κ3) is 5.01. The zero-order valence-corrected chi connectivity index (χ0v) is 13.7. The molecule has 0 fully saturated rings. The Kier molecular flexibility index (Phi) is 7.04. The molecule has 0 saturated heterocycles. The van der Waals surface area contributed by atoms with Crippen LogP contribution in [0, 0.1) is 0 Å². The fraction of sp³-hybridized carbons (Fsp3) is 0.667. The first kappa shape index (κ1) is 16.3. The summed E-state index contributed by atoms with van der Waals surface area (Å²) in [6.07, 6.45) is 6.17. The lowest BCUT2D eigenvalue weighted by atomic mass is 9.99. The van der Waals surface area contributed by atoms with Crippen LogP contribution in [-0.2, 0) is 17.7 Å². The molecule has 0 aromatic heterocycles. The molecule has 0 spiro atoms. The van der Waals surface area contributed by atoms with Gasteiger partial charge in [-0.25, -0.2) is 0 Å². The minimum atomic E-state index is 0.837. The van der Waals surface area contributed by atoms with Crippen molar-refractivity contribution in [1.29, 1.82) is 0 Å². The molecule has 118 valence electrons. The van der Waals surface area contributed by atoms with E-state index in [1.165, 1.54) is 55.6 Å². The molecule has 3 nitrogen and oxygen atoms in total. The van der Waals surface area contributed by atoms with E-state index in [2.05, 4.69) is 35.3 Å². The Labute approximate surface area is 129 Å². The van der Waals surface area contributed by atoms with Gasteiger partial charge in [-0.2, -0.15) is 0 Å². The van der Waals surface area contributed by atoms with Crippen LogP contribution >= 0.6 is 0 Å². The lowest BCUT2D eigenvalue weighted by Gasteiger charge is -2.31. The minimum Gasteiger partial charge on any atom is -0.385 e. The summed E-state index contributed by atoms with van der Waals surface area (Å²) >= 11 is 0. The summed E-state index contributed by atoms with van der Waals surface area (Å²) in [4.78, 5) is 2.57. The van der Waals surface area contributed by atoms with Crippen molar-refractivity contribution < 1.29 is 4.74 Å². The topological polar surface area (TPSA) is 24.5 Å². The van der Waals surface area contributed by atoms with Crippen molar-refractivity contribution in [1.82, 2.24) is 5.32 Å². The van der Waals surface area contributed by atoms with Crippen molar-refractivity contribution >= 4 is 5.69 Å². The van der Waals surface area contributed by atoms with Crippen LogP contribution in [0.2, 0.25) is 0 Å². The zero-order valence-electron chi connectivity index (χ0n) is 13.7. The van der Waals surface area contributed by atoms with Gasteiger partial charge < -0.3 is 15.0 Å². The van der Waals surface area contributed by atoms with Crippen LogP contribution in [0.1, 0.15) is 43.7 Å².